The fourth-order valence-corrected chi connectivity index (χ4v) is 1.66. The molecule has 1 unspecified atom stereocenters. The highest BCUT2D eigenvalue weighted by molar-refractivity contribution is 5.28. The van der Waals surface area contributed by atoms with Crippen LogP contribution in [0.25, 0.3) is 0 Å². The minimum absolute atomic E-state index is 0.235. The molecule has 0 bridgehead atoms. The first kappa shape index (κ1) is 11.7. The SMILES string of the molecule is CC(O)Cc1cnc(Cc2cccc(O)c2)o1. The van der Waals surface area contributed by atoms with E-state index in [-0.39, 0.29) is 5.75 Å². The minimum atomic E-state index is -0.434. The van der Waals surface area contributed by atoms with E-state index in [4.69, 9.17) is 4.42 Å². The molecule has 2 rings (SSSR count). The van der Waals surface area contributed by atoms with Gasteiger partial charge in [0.05, 0.1) is 12.3 Å². The Balaban J connectivity index is 2.06. The van der Waals surface area contributed by atoms with Crippen LogP contribution in [0.3, 0.4) is 0 Å². The van der Waals surface area contributed by atoms with Crippen LogP contribution in [0.5, 0.6) is 5.75 Å². The Kier molecular flexibility index (Phi) is 3.44. The number of rotatable bonds is 4. The molecular weight excluding hydrogens is 218 g/mol. The summed E-state index contributed by atoms with van der Waals surface area (Å²) in [7, 11) is 0. The molecule has 0 fully saturated rings. The summed E-state index contributed by atoms with van der Waals surface area (Å²) in [6, 6.07) is 6.99. The number of hydrogen-bond acceptors (Lipinski definition) is 4. The summed E-state index contributed by atoms with van der Waals surface area (Å²) in [5.74, 6) is 1.50. The van der Waals surface area contributed by atoms with E-state index in [1.165, 1.54) is 0 Å². The van der Waals surface area contributed by atoms with Crippen molar-refractivity contribution >= 4 is 0 Å². The Bertz CT molecular complexity index is 491. The molecule has 90 valence electrons. The van der Waals surface area contributed by atoms with Crippen molar-refractivity contribution < 1.29 is 14.6 Å². The van der Waals surface area contributed by atoms with E-state index >= 15 is 0 Å². The minimum Gasteiger partial charge on any atom is -0.508 e. The van der Waals surface area contributed by atoms with E-state index < -0.39 is 6.10 Å². The molecule has 0 saturated carbocycles. The van der Waals surface area contributed by atoms with E-state index in [0.717, 1.165) is 5.56 Å². The molecule has 0 radical (unpaired) electrons. The molecule has 0 aliphatic heterocycles. The number of aliphatic hydroxyl groups excluding tert-OH is 1. The lowest BCUT2D eigenvalue weighted by molar-refractivity contribution is 0.186. The van der Waals surface area contributed by atoms with Crippen molar-refractivity contribution in [2.45, 2.75) is 25.9 Å². The molecule has 0 aliphatic carbocycles. The molecule has 1 aromatic carbocycles. The highest BCUT2D eigenvalue weighted by Crippen LogP contribution is 2.15. The molecule has 0 amide bonds. The number of oxazole rings is 1. The number of aromatic hydroxyl groups is 1. The first-order valence-electron chi connectivity index (χ1n) is 5.53. The van der Waals surface area contributed by atoms with Crippen LogP contribution < -0.4 is 0 Å². The molecule has 2 aromatic rings. The van der Waals surface area contributed by atoms with Gasteiger partial charge in [-0.2, -0.15) is 0 Å². The molecule has 4 heteroatoms. The van der Waals surface area contributed by atoms with E-state index in [1.807, 2.05) is 6.07 Å². The van der Waals surface area contributed by atoms with Gasteiger partial charge in [-0.15, -0.1) is 0 Å². The lowest BCUT2D eigenvalue weighted by Gasteiger charge is -2.00. The van der Waals surface area contributed by atoms with Gasteiger partial charge in [0, 0.05) is 12.8 Å². The Morgan fingerprint density at radius 3 is 2.94 bits per heavy atom. The lowest BCUT2D eigenvalue weighted by atomic mass is 10.1. The van der Waals surface area contributed by atoms with E-state index in [2.05, 4.69) is 4.98 Å². The predicted octanol–water partition coefficient (Wildman–Crippen LogP) is 1.89. The molecule has 17 heavy (non-hydrogen) atoms. The smallest absolute Gasteiger partial charge is 0.198 e. The van der Waals surface area contributed by atoms with Crippen molar-refractivity contribution in [3.63, 3.8) is 0 Å². The first-order valence-corrected chi connectivity index (χ1v) is 5.53. The quantitative estimate of drug-likeness (QED) is 0.846. The van der Waals surface area contributed by atoms with Gasteiger partial charge in [0.15, 0.2) is 5.89 Å². The normalized spacial score (nSPS) is 12.6. The summed E-state index contributed by atoms with van der Waals surface area (Å²) >= 11 is 0. The van der Waals surface area contributed by atoms with Crippen LogP contribution in [0, 0.1) is 0 Å². The van der Waals surface area contributed by atoms with Crippen LogP contribution >= 0.6 is 0 Å². The van der Waals surface area contributed by atoms with Crippen molar-refractivity contribution in [3.05, 3.63) is 47.7 Å². The molecule has 1 heterocycles. The highest BCUT2D eigenvalue weighted by atomic mass is 16.4. The number of aromatic nitrogens is 1. The van der Waals surface area contributed by atoms with Gasteiger partial charge in [-0.05, 0) is 24.6 Å². The second-order valence-corrected chi connectivity index (χ2v) is 4.12. The number of nitrogens with zero attached hydrogens (tertiary/aromatic N) is 1. The van der Waals surface area contributed by atoms with Gasteiger partial charge in [0.25, 0.3) is 0 Å². The summed E-state index contributed by atoms with van der Waals surface area (Å²) in [6.45, 7) is 1.71. The number of hydrogen-bond donors (Lipinski definition) is 2. The number of benzene rings is 1. The van der Waals surface area contributed by atoms with E-state index in [0.29, 0.717) is 24.5 Å². The number of phenolic OH excluding ortho intramolecular Hbond substituents is 1. The van der Waals surface area contributed by atoms with Gasteiger partial charge in [-0.25, -0.2) is 4.98 Å². The zero-order chi connectivity index (χ0) is 12.3. The average molecular weight is 233 g/mol. The molecular formula is C13H15NO3. The van der Waals surface area contributed by atoms with E-state index in [1.54, 1.807) is 31.3 Å². The molecule has 0 spiro atoms. The second-order valence-electron chi connectivity index (χ2n) is 4.12. The van der Waals surface area contributed by atoms with Gasteiger partial charge in [0.1, 0.15) is 11.5 Å². The Labute approximate surface area is 99.6 Å². The zero-order valence-corrected chi connectivity index (χ0v) is 9.63. The maximum absolute atomic E-state index is 9.33. The van der Waals surface area contributed by atoms with Crippen LogP contribution in [-0.2, 0) is 12.8 Å². The Morgan fingerprint density at radius 1 is 1.41 bits per heavy atom. The third-order valence-corrected chi connectivity index (χ3v) is 2.36. The van der Waals surface area contributed by atoms with Crippen LogP contribution in [0.4, 0.5) is 0 Å². The summed E-state index contributed by atoms with van der Waals surface area (Å²) < 4.78 is 5.49. The third-order valence-electron chi connectivity index (χ3n) is 2.36. The van der Waals surface area contributed by atoms with Crippen molar-refractivity contribution in [1.29, 1.82) is 0 Å². The van der Waals surface area contributed by atoms with Gasteiger partial charge < -0.3 is 14.6 Å². The fraction of sp³-hybridized carbons (Fsp3) is 0.308. The summed E-state index contributed by atoms with van der Waals surface area (Å²) in [6.07, 6.45) is 2.20. The third kappa shape index (κ3) is 3.32. The fourth-order valence-electron chi connectivity index (χ4n) is 1.66. The standard InChI is InChI=1S/C13H15NO3/c1-9(15)5-12-8-14-13(17-12)7-10-3-2-4-11(16)6-10/h2-4,6,8-9,15-16H,5,7H2,1H3. The Morgan fingerprint density at radius 2 is 2.24 bits per heavy atom. The van der Waals surface area contributed by atoms with Crippen LogP contribution in [0.1, 0.15) is 24.1 Å². The summed E-state index contributed by atoms with van der Waals surface area (Å²) in [4.78, 5) is 4.13. The monoisotopic (exact) mass is 233 g/mol. The highest BCUT2D eigenvalue weighted by Gasteiger charge is 2.07. The Hall–Kier alpha value is -1.81. The second kappa shape index (κ2) is 5.01. The summed E-state index contributed by atoms with van der Waals surface area (Å²) in [5.41, 5.74) is 0.940. The molecule has 1 atom stereocenters. The van der Waals surface area contributed by atoms with Crippen molar-refractivity contribution in [1.82, 2.24) is 4.98 Å². The van der Waals surface area contributed by atoms with Gasteiger partial charge in [-0.1, -0.05) is 12.1 Å². The van der Waals surface area contributed by atoms with Crippen LogP contribution in [0.15, 0.2) is 34.9 Å². The molecule has 4 nitrogen and oxygen atoms in total. The average Bonchev–Trinajstić information content (AvgIpc) is 2.64. The van der Waals surface area contributed by atoms with Crippen molar-refractivity contribution in [2.24, 2.45) is 0 Å². The summed E-state index contributed by atoms with van der Waals surface area (Å²) in [5, 5.41) is 18.6. The first-order chi connectivity index (χ1) is 8.13. The molecule has 1 aromatic heterocycles. The van der Waals surface area contributed by atoms with Gasteiger partial charge in [-0.3, -0.25) is 0 Å². The maximum Gasteiger partial charge on any atom is 0.198 e. The molecule has 0 saturated heterocycles. The number of aliphatic hydroxyl groups is 1. The van der Waals surface area contributed by atoms with Crippen LogP contribution in [-0.4, -0.2) is 21.3 Å². The van der Waals surface area contributed by atoms with Gasteiger partial charge >= 0.3 is 0 Å². The predicted molar refractivity (Wildman–Crippen MR) is 62.8 cm³/mol. The maximum atomic E-state index is 9.33. The topological polar surface area (TPSA) is 66.5 Å². The van der Waals surface area contributed by atoms with Gasteiger partial charge in [0.2, 0.25) is 0 Å². The van der Waals surface area contributed by atoms with Crippen LogP contribution in [0.2, 0.25) is 0 Å². The molecule has 2 N–H and O–H groups in total. The number of phenols is 1. The van der Waals surface area contributed by atoms with Crippen molar-refractivity contribution in [2.75, 3.05) is 0 Å². The van der Waals surface area contributed by atoms with Crippen molar-refractivity contribution in [3.8, 4) is 5.75 Å². The lowest BCUT2D eigenvalue weighted by Crippen LogP contribution is -2.02. The molecule has 0 aliphatic rings. The zero-order valence-electron chi connectivity index (χ0n) is 9.63. The largest absolute Gasteiger partial charge is 0.508 e. The van der Waals surface area contributed by atoms with E-state index in [9.17, 15) is 10.2 Å².